The van der Waals surface area contributed by atoms with Crippen molar-refractivity contribution in [2.45, 2.75) is 52.4 Å². The van der Waals surface area contributed by atoms with Crippen molar-refractivity contribution < 1.29 is 0 Å². The highest BCUT2D eigenvalue weighted by atomic mass is 32.1. The number of aryl methyl sites for hydroxylation is 2. The Kier molecular flexibility index (Phi) is 6.74. The van der Waals surface area contributed by atoms with E-state index in [9.17, 15) is 0 Å². The summed E-state index contributed by atoms with van der Waals surface area (Å²) >= 11 is 1.83. The summed E-state index contributed by atoms with van der Waals surface area (Å²) in [6.07, 6.45) is 7.51. The Labute approximate surface area is 132 Å². The maximum Gasteiger partial charge on any atom is 0.183 e. The Morgan fingerprint density at radius 3 is 2.62 bits per heavy atom. The zero-order valence-electron chi connectivity index (χ0n) is 13.2. The van der Waals surface area contributed by atoms with Crippen molar-refractivity contribution in [3.05, 3.63) is 46.5 Å². The van der Waals surface area contributed by atoms with Gasteiger partial charge >= 0.3 is 0 Å². The second kappa shape index (κ2) is 8.83. The number of anilines is 1. The molecular formula is C18H26N2S. The minimum absolute atomic E-state index is 0.951. The van der Waals surface area contributed by atoms with Crippen LogP contribution in [0.1, 0.15) is 48.7 Å². The normalized spacial score (nSPS) is 10.8. The van der Waals surface area contributed by atoms with Gasteiger partial charge in [0.1, 0.15) is 0 Å². The zero-order valence-corrected chi connectivity index (χ0v) is 14.0. The Balaban J connectivity index is 1.76. The van der Waals surface area contributed by atoms with Crippen molar-refractivity contribution in [3.63, 3.8) is 0 Å². The number of thiazole rings is 1. The number of unbranched alkanes of at least 4 members (excludes halogenated alkanes) is 3. The van der Waals surface area contributed by atoms with Crippen LogP contribution < -0.4 is 5.32 Å². The van der Waals surface area contributed by atoms with Gasteiger partial charge in [0.05, 0.1) is 5.69 Å². The first-order chi connectivity index (χ1) is 10.3. The van der Waals surface area contributed by atoms with Gasteiger partial charge in [0, 0.05) is 11.4 Å². The van der Waals surface area contributed by atoms with Gasteiger partial charge in [-0.3, -0.25) is 0 Å². The van der Waals surface area contributed by atoms with Gasteiger partial charge in [0.2, 0.25) is 0 Å². The standard InChI is InChI=1S/C18H26N2S/c1-3-4-5-9-12-17-15(2)20-18(21-17)19-14-13-16-10-7-6-8-11-16/h6-8,10-11H,3-5,9,12-14H2,1-2H3,(H,19,20). The highest BCUT2D eigenvalue weighted by molar-refractivity contribution is 7.15. The van der Waals surface area contributed by atoms with Gasteiger partial charge in [-0.25, -0.2) is 4.98 Å². The molecule has 0 bridgehead atoms. The Morgan fingerprint density at radius 2 is 1.86 bits per heavy atom. The van der Waals surface area contributed by atoms with E-state index in [0.29, 0.717) is 0 Å². The van der Waals surface area contributed by atoms with Crippen LogP contribution in [0, 0.1) is 6.92 Å². The van der Waals surface area contributed by atoms with Crippen LogP contribution in [-0.4, -0.2) is 11.5 Å². The van der Waals surface area contributed by atoms with E-state index in [4.69, 9.17) is 0 Å². The number of rotatable bonds is 9. The average molecular weight is 302 g/mol. The quantitative estimate of drug-likeness (QED) is 0.642. The van der Waals surface area contributed by atoms with E-state index in [2.05, 4.69) is 54.5 Å². The van der Waals surface area contributed by atoms with E-state index in [1.54, 1.807) is 0 Å². The summed E-state index contributed by atoms with van der Waals surface area (Å²) in [7, 11) is 0. The van der Waals surface area contributed by atoms with Crippen molar-refractivity contribution in [1.82, 2.24) is 4.98 Å². The van der Waals surface area contributed by atoms with Gasteiger partial charge in [-0.05, 0) is 31.7 Å². The van der Waals surface area contributed by atoms with Crippen molar-refractivity contribution >= 4 is 16.5 Å². The molecule has 21 heavy (non-hydrogen) atoms. The molecule has 0 unspecified atom stereocenters. The number of hydrogen-bond donors (Lipinski definition) is 1. The van der Waals surface area contributed by atoms with Gasteiger partial charge < -0.3 is 5.32 Å². The first kappa shape index (κ1) is 16.0. The van der Waals surface area contributed by atoms with E-state index >= 15 is 0 Å². The molecule has 3 heteroatoms. The molecule has 1 N–H and O–H groups in total. The smallest absolute Gasteiger partial charge is 0.183 e. The van der Waals surface area contributed by atoms with Gasteiger partial charge in [0.15, 0.2) is 5.13 Å². The summed E-state index contributed by atoms with van der Waals surface area (Å²) in [5.41, 5.74) is 2.58. The molecule has 2 rings (SSSR count). The Morgan fingerprint density at radius 1 is 1.05 bits per heavy atom. The molecule has 0 aliphatic rings. The molecule has 0 aliphatic carbocycles. The van der Waals surface area contributed by atoms with E-state index in [1.807, 2.05) is 11.3 Å². The number of nitrogens with one attached hydrogen (secondary N) is 1. The molecule has 1 aromatic carbocycles. The lowest BCUT2D eigenvalue weighted by atomic mass is 10.1. The Hall–Kier alpha value is -1.35. The maximum atomic E-state index is 4.65. The molecule has 114 valence electrons. The average Bonchev–Trinajstić information content (AvgIpc) is 2.85. The summed E-state index contributed by atoms with van der Waals surface area (Å²) in [5.74, 6) is 0. The third-order valence-corrected chi connectivity index (χ3v) is 4.86. The molecule has 0 amide bonds. The Bertz CT molecular complexity index is 519. The van der Waals surface area contributed by atoms with Crippen LogP contribution in [0.3, 0.4) is 0 Å². The van der Waals surface area contributed by atoms with Crippen molar-refractivity contribution in [2.75, 3.05) is 11.9 Å². The predicted molar refractivity (Wildman–Crippen MR) is 93.3 cm³/mol. The van der Waals surface area contributed by atoms with Gasteiger partial charge in [0.25, 0.3) is 0 Å². The van der Waals surface area contributed by atoms with Crippen LogP contribution in [0.5, 0.6) is 0 Å². The second-order valence-corrected chi connectivity index (χ2v) is 6.58. The third-order valence-electron chi connectivity index (χ3n) is 3.68. The fraction of sp³-hybridized carbons (Fsp3) is 0.500. The van der Waals surface area contributed by atoms with Crippen LogP contribution in [0.4, 0.5) is 5.13 Å². The van der Waals surface area contributed by atoms with E-state index in [1.165, 1.54) is 48.2 Å². The highest BCUT2D eigenvalue weighted by Gasteiger charge is 2.06. The van der Waals surface area contributed by atoms with Crippen molar-refractivity contribution in [2.24, 2.45) is 0 Å². The van der Waals surface area contributed by atoms with Gasteiger partial charge in [-0.15, -0.1) is 11.3 Å². The monoisotopic (exact) mass is 302 g/mol. The summed E-state index contributed by atoms with van der Waals surface area (Å²) in [4.78, 5) is 6.10. The third kappa shape index (κ3) is 5.50. The molecule has 0 radical (unpaired) electrons. The van der Waals surface area contributed by atoms with Crippen LogP contribution in [0.25, 0.3) is 0 Å². The van der Waals surface area contributed by atoms with E-state index < -0.39 is 0 Å². The number of hydrogen-bond acceptors (Lipinski definition) is 3. The minimum Gasteiger partial charge on any atom is -0.361 e. The number of aromatic nitrogens is 1. The lowest BCUT2D eigenvalue weighted by molar-refractivity contribution is 0.668. The first-order valence-corrected chi connectivity index (χ1v) is 8.85. The number of nitrogens with zero attached hydrogens (tertiary/aromatic N) is 1. The minimum atomic E-state index is 0.951. The first-order valence-electron chi connectivity index (χ1n) is 8.03. The molecular weight excluding hydrogens is 276 g/mol. The molecule has 0 spiro atoms. The lowest BCUT2D eigenvalue weighted by Gasteiger charge is -2.02. The largest absolute Gasteiger partial charge is 0.361 e. The molecule has 1 heterocycles. The molecule has 2 aromatic rings. The lowest BCUT2D eigenvalue weighted by Crippen LogP contribution is -2.04. The zero-order chi connectivity index (χ0) is 14.9. The second-order valence-electron chi connectivity index (χ2n) is 5.50. The van der Waals surface area contributed by atoms with E-state index in [-0.39, 0.29) is 0 Å². The van der Waals surface area contributed by atoms with Crippen LogP contribution in [0.15, 0.2) is 30.3 Å². The highest BCUT2D eigenvalue weighted by Crippen LogP contribution is 2.24. The molecule has 0 saturated heterocycles. The SMILES string of the molecule is CCCCCCc1sc(NCCc2ccccc2)nc1C. The molecule has 2 nitrogen and oxygen atoms in total. The molecule has 0 fully saturated rings. The summed E-state index contributed by atoms with van der Waals surface area (Å²) in [6.45, 7) is 5.34. The molecule has 0 atom stereocenters. The maximum absolute atomic E-state index is 4.65. The molecule has 1 aromatic heterocycles. The van der Waals surface area contributed by atoms with Gasteiger partial charge in [-0.1, -0.05) is 56.5 Å². The van der Waals surface area contributed by atoms with Crippen LogP contribution in [0.2, 0.25) is 0 Å². The van der Waals surface area contributed by atoms with Crippen LogP contribution >= 0.6 is 11.3 Å². The molecule has 0 saturated carbocycles. The summed E-state index contributed by atoms with van der Waals surface area (Å²) in [6, 6.07) is 10.6. The number of benzene rings is 1. The summed E-state index contributed by atoms with van der Waals surface area (Å²) in [5, 5.41) is 4.54. The molecule has 0 aliphatic heterocycles. The van der Waals surface area contributed by atoms with Crippen molar-refractivity contribution in [3.8, 4) is 0 Å². The van der Waals surface area contributed by atoms with Crippen LogP contribution in [-0.2, 0) is 12.8 Å². The van der Waals surface area contributed by atoms with Crippen molar-refractivity contribution in [1.29, 1.82) is 0 Å². The fourth-order valence-corrected chi connectivity index (χ4v) is 3.44. The van der Waals surface area contributed by atoms with Gasteiger partial charge in [-0.2, -0.15) is 0 Å². The topological polar surface area (TPSA) is 24.9 Å². The predicted octanol–water partition coefficient (Wildman–Crippen LogP) is 5.23. The summed E-state index contributed by atoms with van der Waals surface area (Å²) < 4.78 is 0. The van der Waals surface area contributed by atoms with E-state index in [0.717, 1.165) is 18.1 Å². The fourth-order valence-electron chi connectivity index (χ4n) is 2.41.